The topological polar surface area (TPSA) is 111 Å². The second-order valence-electron chi connectivity index (χ2n) is 8.05. The standard InChI is InChI=1S/C23H26N4O4S/c1-5-32(30,31)19-9-6-17(7-10-19)12-21(28)26-18-8-11-20(24-14-18)22(29)23(3,4)27-15-16(2)13-25-27/h6-11,13-15H,5,12H2,1-4H3,(H,26,28). The first-order valence-corrected chi connectivity index (χ1v) is 11.8. The number of carbonyl (C=O) groups is 2. The van der Waals surface area contributed by atoms with Crippen molar-refractivity contribution in [3.8, 4) is 0 Å². The molecule has 0 saturated carbocycles. The van der Waals surface area contributed by atoms with Crippen LogP contribution in [0.3, 0.4) is 0 Å². The minimum Gasteiger partial charge on any atom is -0.324 e. The van der Waals surface area contributed by atoms with Crippen LogP contribution < -0.4 is 5.32 Å². The summed E-state index contributed by atoms with van der Waals surface area (Å²) in [5, 5.41) is 6.97. The number of ketones is 1. The highest BCUT2D eigenvalue weighted by Crippen LogP contribution is 2.21. The second-order valence-corrected chi connectivity index (χ2v) is 10.3. The summed E-state index contributed by atoms with van der Waals surface area (Å²) in [4.78, 5) is 29.7. The molecular weight excluding hydrogens is 428 g/mol. The van der Waals surface area contributed by atoms with Gasteiger partial charge in [0.05, 0.1) is 35.2 Å². The van der Waals surface area contributed by atoms with Crippen molar-refractivity contribution in [1.82, 2.24) is 14.8 Å². The first kappa shape index (κ1) is 23.3. The van der Waals surface area contributed by atoms with Crippen molar-refractivity contribution in [2.45, 2.75) is 44.6 Å². The number of rotatable bonds is 8. The van der Waals surface area contributed by atoms with Crippen molar-refractivity contribution in [3.05, 3.63) is 71.8 Å². The van der Waals surface area contributed by atoms with Crippen LogP contribution in [0.15, 0.2) is 59.9 Å². The summed E-state index contributed by atoms with van der Waals surface area (Å²) in [7, 11) is -3.27. The summed E-state index contributed by atoms with van der Waals surface area (Å²) in [5.41, 5.74) is 1.48. The molecule has 0 atom stereocenters. The minimum atomic E-state index is -3.27. The van der Waals surface area contributed by atoms with E-state index in [2.05, 4.69) is 15.4 Å². The third kappa shape index (κ3) is 5.11. The third-order valence-electron chi connectivity index (χ3n) is 5.15. The monoisotopic (exact) mass is 454 g/mol. The summed E-state index contributed by atoms with van der Waals surface area (Å²) in [6.45, 7) is 7.04. The van der Waals surface area contributed by atoms with Crippen molar-refractivity contribution < 1.29 is 18.0 Å². The molecule has 1 N–H and O–H groups in total. The lowest BCUT2D eigenvalue weighted by atomic mass is 9.96. The number of hydrogen-bond donors (Lipinski definition) is 1. The van der Waals surface area contributed by atoms with E-state index < -0.39 is 15.4 Å². The Morgan fingerprint density at radius 3 is 2.28 bits per heavy atom. The van der Waals surface area contributed by atoms with E-state index in [0.717, 1.165) is 5.56 Å². The van der Waals surface area contributed by atoms with Crippen molar-refractivity contribution in [1.29, 1.82) is 0 Å². The number of aromatic nitrogens is 3. The predicted molar refractivity (Wildman–Crippen MR) is 121 cm³/mol. The fourth-order valence-corrected chi connectivity index (χ4v) is 3.99. The molecule has 0 spiro atoms. The molecule has 1 amide bonds. The number of pyridine rings is 1. The molecule has 0 radical (unpaired) electrons. The highest BCUT2D eigenvalue weighted by molar-refractivity contribution is 7.91. The number of amides is 1. The van der Waals surface area contributed by atoms with Gasteiger partial charge in [0.1, 0.15) is 11.2 Å². The normalized spacial score (nSPS) is 11.9. The highest BCUT2D eigenvalue weighted by Gasteiger charge is 2.32. The van der Waals surface area contributed by atoms with Gasteiger partial charge in [0.15, 0.2) is 9.84 Å². The van der Waals surface area contributed by atoms with Crippen LogP contribution in [0, 0.1) is 6.92 Å². The molecule has 0 fully saturated rings. The molecule has 8 nitrogen and oxygen atoms in total. The molecule has 1 aromatic carbocycles. The van der Waals surface area contributed by atoms with E-state index in [1.165, 1.54) is 18.3 Å². The Hall–Kier alpha value is -3.33. The van der Waals surface area contributed by atoms with Crippen molar-refractivity contribution in [2.24, 2.45) is 0 Å². The predicted octanol–water partition coefficient (Wildman–Crippen LogP) is 3.18. The molecule has 0 unspecified atom stereocenters. The van der Waals surface area contributed by atoms with Crippen LogP contribution in [-0.2, 0) is 26.6 Å². The molecular formula is C23H26N4O4S. The van der Waals surface area contributed by atoms with Gasteiger partial charge < -0.3 is 5.32 Å². The van der Waals surface area contributed by atoms with E-state index in [1.54, 1.807) is 62.1 Å². The zero-order chi connectivity index (χ0) is 23.5. The second kappa shape index (κ2) is 9.04. The lowest BCUT2D eigenvalue weighted by Crippen LogP contribution is -2.36. The lowest BCUT2D eigenvalue weighted by molar-refractivity contribution is -0.115. The number of anilines is 1. The van der Waals surface area contributed by atoms with Crippen molar-refractivity contribution in [2.75, 3.05) is 11.1 Å². The SMILES string of the molecule is CCS(=O)(=O)c1ccc(CC(=O)Nc2ccc(C(=O)C(C)(C)n3cc(C)cn3)nc2)cc1. The molecule has 9 heteroatoms. The molecule has 0 aliphatic carbocycles. The van der Waals surface area contributed by atoms with Crippen LogP contribution in [0.25, 0.3) is 0 Å². The molecule has 0 aliphatic heterocycles. The van der Waals surface area contributed by atoms with Crippen LogP contribution in [0.1, 0.15) is 42.4 Å². The summed E-state index contributed by atoms with van der Waals surface area (Å²) in [5.74, 6) is -0.443. The lowest BCUT2D eigenvalue weighted by Gasteiger charge is -2.23. The summed E-state index contributed by atoms with van der Waals surface area (Å²) >= 11 is 0. The molecule has 3 aromatic rings. The number of nitrogens with one attached hydrogen (secondary N) is 1. The Kier molecular flexibility index (Phi) is 6.59. The van der Waals surface area contributed by atoms with Crippen LogP contribution in [0.4, 0.5) is 5.69 Å². The zero-order valence-electron chi connectivity index (χ0n) is 18.5. The van der Waals surface area contributed by atoms with E-state index in [1.807, 2.05) is 6.92 Å². The van der Waals surface area contributed by atoms with Crippen LogP contribution >= 0.6 is 0 Å². The molecule has 168 valence electrons. The van der Waals surface area contributed by atoms with Gasteiger partial charge in [-0.1, -0.05) is 19.1 Å². The van der Waals surface area contributed by atoms with Gasteiger partial charge in [-0.3, -0.25) is 19.3 Å². The van der Waals surface area contributed by atoms with Gasteiger partial charge in [0.2, 0.25) is 11.7 Å². The quantitative estimate of drug-likeness (QED) is 0.523. The smallest absolute Gasteiger partial charge is 0.228 e. The summed E-state index contributed by atoms with van der Waals surface area (Å²) in [6.07, 6.45) is 5.01. The van der Waals surface area contributed by atoms with E-state index in [4.69, 9.17) is 0 Å². The number of aryl methyl sites for hydroxylation is 1. The Morgan fingerprint density at radius 2 is 1.75 bits per heavy atom. The van der Waals surface area contributed by atoms with E-state index in [0.29, 0.717) is 11.3 Å². The maximum absolute atomic E-state index is 12.9. The van der Waals surface area contributed by atoms with E-state index in [-0.39, 0.29) is 34.5 Å². The fraction of sp³-hybridized carbons (Fsp3) is 0.304. The summed E-state index contributed by atoms with van der Waals surface area (Å²) in [6, 6.07) is 9.46. The zero-order valence-corrected chi connectivity index (χ0v) is 19.3. The Morgan fingerprint density at radius 1 is 1.06 bits per heavy atom. The summed E-state index contributed by atoms with van der Waals surface area (Å²) < 4.78 is 25.4. The molecule has 2 heterocycles. The van der Waals surface area contributed by atoms with E-state index in [9.17, 15) is 18.0 Å². The highest BCUT2D eigenvalue weighted by atomic mass is 32.2. The molecule has 3 rings (SSSR count). The van der Waals surface area contributed by atoms with Crippen molar-refractivity contribution in [3.63, 3.8) is 0 Å². The third-order valence-corrected chi connectivity index (χ3v) is 6.90. The number of Topliss-reactive ketones (excluding diaryl/α,β-unsaturated/α-hetero) is 1. The number of benzene rings is 1. The van der Waals surface area contributed by atoms with Gasteiger partial charge >= 0.3 is 0 Å². The minimum absolute atomic E-state index is 0.0249. The maximum atomic E-state index is 12.9. The van der Waals surface area contributed by atoms with Gasteiger partial charge in [-0.25, -0.2) is 8.42 Å². The van der Waals surface area contributed by atoms with Crippen molar-refractivity contribution >= 4 is 27.2 Å². The first-order chi connectivity index (χ1) is 15.0. The maximum Gasteiger partial charge on any atom is 0.228 e. The Labute approximate surface area is 187 Å². The van der Waals surface area contributed by atoms with Gasteiger partial charge in [-0.05, 0) is 56.2 Å². The Bertz CT molecular complexity index is 1230. The average Bonchev–Trinajstić information content (AvgIpc) is 3.21. The number of carbonyl (C=O) groups excluding carboxylic acids is 2. The first-order valence-electron chi connectivity index (χ1n) is 10.2. The molecule has 32 heavy (non-hydrogen) atoms. The van der Waals surface area contributed by atoms with Gasteiger partial charge in [-0.2, -0.15) is 5.10 Å². The van der Waals surface area contributed by atoms with Gasteiger partial charge in [0.25, 0.3) is 0 Å². The Balaban J connectivity index is 1.64. The molecule has 0 saturated heterocycles. The van der Waals surface area contributed by atoms with E-state index >= 15 is 0 Å². The van der Waals surface area contributed by atoms with Gasteiger partial charge in [-0.15, -0.1) is 0 Å². The number of sulfone groups is 1. The van der Waals surface area contributed by atoms with Crippen LogP contribution in [0.5, 0.6) is 0 Å². The van der Waals surface area contributed by atoms with Crippen LogP contribution in [-0.4, -0.2) is 40.6 Å². The van der Waals surface area contributed by atoms with Crippen LogP contribution in [0.2, 0.25) is 0 Å². The number of hydrogen-bond acceptors (Lipinski definition) is 6. The number of nitrogens with zero attached hydrogens (tertiary/aromatic N) is 3. The van der Waals surface area contributed by atoms with Gasteiger partial charge in [0, 0.05) is 6.20 Å². The fourth-order valence-electron chi connectivity index (χ4n) is 3.11. The molecule has 0 aliphatic rings. The molecule has 0 bridgehead atoms. The molecule has 2 aromatic heterocycles. The average molecular weight is 455 g/mol. The largest absolute Gasteiger partial charge is 0.324 e.